The van der Waals surface area contributed by atoms with Gasteiger partial charge in [-0.15, -0.1) is 0 Å². The van der Waals surface area contributed by atoms with E-state index in [1.807, 2.05) is 45.0 Å². The number of benzene rings is 1. The molecule has 1 aliphatic heterocycles. The molecule has 2 N–H and O–H groups in total. The normalized spacial score (nSPS) is 17.7. The van der Waals surface area contributed by atoms with Crippen molar-refractivity contribution in [2.24, 2.45) is 0 Å². The van der Waals surface area contributed by atoms with Crippen LogP contribution in [0.15, 0.2) is 35.5 Å². The molecule has 1 aromatic heterocycles. The van der Waals surface area contributed by atoms with Gasteiger partial charge in [0.1, 0.15) is 17.5 Å². The largest absolute Gasteiger partial charge is 0.456 e. The molecule has 1 aromatic carbocycles. The zero-order valence-corrected chi connectivity index (χ0v) is 16.4. The van der Waals surface area contributed by atoms with Gasteiger partial charge in [0.25, 0.3) is 0 Å². The number of carbonyl (C=O) groups excluding carboxylic acids is 2. The van der Waals surface area contributed by atoms with Gasteiger partial charge in [0.2, 0.25) is 0 Å². The number of nitrogens with one attached hydrogen (secondary N) is 2. The molecule has 0 saturated carbocycles. The van der Waals surface area contributed by atoms with Crippen molar-refractivity contribution in [2.75, 3.05) is 0 Å². The van der Waals surface area contributed by atoms with E-state index in [0.717, 1.165) is 24.0 Å². The van der Waals surface area contributed by atoms with Crippen LogP contribution in [0, 0.1) is 0 Å². The molecule has 2 aromatic rings. The zero-order valence-electron chi connectivity index (χ0n) is 16.4. The minimum absolute atomic E-state index is 0.361. The van der Waals surface area contributed by atoms with E-state index in [0.29, 0.717) is 17.1 Å². The third-order valence-corrected chi connectivity index (χ3v) is 4.28. The van der Waals surface area contributed by atoms with E-state index in [9.17, 15) is 9.59 Å². The van der Waals surface area contributed by atoms with Gasteiger partial charge in [-0.3, -0.25) is 0 Å². The van der Waals surface area contributed by atoms with Crippen LogP contribution in [0.1, 0.15) is 52.9 Å². The standard InChI is InChI=1S/C20H26N4O3/c1-6-11-24-14-10-8-7-9-13(14)22-17(24)16-15(12(2)21-19(26)23-16)18(25)27-20(3,4)5/h7-10,16H,6,11H2,1-5H3,(H2,21,23,26). The first kappa shape index (κ1) is 18.9. The van der Waals surface area contributed by atoms with Crippen LogP contribution in [-0.2, 0) is 16.1 Å². The second-order valence-electron chi connectivity index (χ2n) is 7.68. The number of rotatable bonds is 4. The maximum Gasteiger partial charge on any atom is 0.338 e. The Morgan fingerprint density at radius 2 is 2.00 bits per heavy atom. The summed E-state index contributed by atoms with van der Waals surface area (Å²) in [6.45, 7) is 9.97. The van der Waals surface area contributed by atoms with Crippen molar-refractivity contribution in [1.29, 1.82) is 0 Å². The second-order valence-corrected chi connectivity index (χ2v) is 7.68. The third-order valence-electron chi connectivity index (χ3n) is 4.28. The highest BCUT2D eigenvalue weighted by Gasteiger charge is 2.36. The van der Waals surface area contributed by atoms with Gasteiger partial charge in [-0.1, -0.05) is 19.1 Å². The lowest BCUT2D eigenvalue weighted by Crippen LogP contribution is -2.46. The number of allylic oxidation sites excluding steroid dienone is 1. The van der Waals surface area contributed by atoms with Gasteiger partial charge in [0.15, 0.2) is 0 Å². The van der Waals surface area contributed by atoms with Crippen molar-refractivity contribution < 1.29 is 14.3 Å². The Hall–Kier alpha value is -2.83. The molecule has 0 bridgehead atoms. The van der Waals surface area contributed by atoms with Crippen molar-refractivity contribution in [3.8, 4) is 0 Å². The van der Waals surface area contributed by atoms with Gasteiger partial charge in [-0.25, -0.2) is 14.6 Å². The van der Waals surface area contributed by atoms with Crippen LogP contribution in [-0.4, -0.2) is 27.2 Å². The molecule has 7 heteroatoms. The van der Waals surface area contributed by atoms with E-state index in [1.54, 1.807) is 6.92 Å². The van der Waals surface area contributed by atoms with Crippen LogP contribution in [0.4, 0.5) is 4.79 Å². The summed E-state index contributed by atoms with van der Waals surface area (Å²) in [6, 6.07) is 6.77. The number of aryl methyl sites for hydroxylation is 1. The van der Waals surface area contributed by atoms with Crippen LogP contribution in [0.3, 0.4) is 0 Å². The molecule has 0 radical (unpaired) electrons. The SMILES string of the molecule is CCCn1c(C2NC(=O)NC(C)=C2C(=O)OC(C)(C)C)nc2ccccc21. The second kappa shape index (κ2) is 7.06. The predicted molar refractivity (Wildman–Crippen MR) is 103 cm³/mol. The molecule has 1 aliphatic rings. The molecule has 3 rings (SSSR count). The van der Waals surface area contributed by atoms with E-state index in [1.165, 1.54) is 0 Å². The van der Waals surface area contributed by atoms with Crippen LogP contribution in [0.5, 0.6) is 0 Å². The van der Waals surface area contributed by atoms with Crippen LogP contribution in [0.2, 0.25) is 0 Å². The van der Waals surface area contributed by atoms with Crippen LogP contribution in [0.25, 0.3) is 11.0 Å². The average Bonchev–Trinajstić information content (AvgIpc) is 2.91. The molecular formula is C20H26N4O3. The molecule has 0 fully saturated rings. The summed E-state index contributed by atoms with van der Waals surface area (Å²) in [5, 5.41) is 5.52. The number of amides is 2. The third kappa shape index (κ3) is 3.82. The van der Waals surface area contributed by atoms with Crippen LogP contribution < -0.4 is 10.6 Å². The van der Waals surface area contributed by atoms with E-state index >= 15 is 0 Å². The van der Waals surface area contributed by atoms with Crippen molar-refractivity contribution in [1.82, 2.24) is 20.2 Å². The number of aromatic nitrogens is 2. The monoisotopic (exact) mass is 370 g/mol. The number of fused-ring (bicyclic) bond motifs is 1. The number of para-hydroxylation sites is 2. The average molecular weight is 370 g/mol. The fourth-order valence-corrected chi connectivity index (χ4v) is 3.26. The number of carbonyl (C=O) groups is 2. The Kier molecular flexibility index (Phi) is 4.95. The molecule has 0 saturated heterocycles. The highest BCUT2D eigenvalue weighted by Crippen LogP contribution is 2.31. The van der Waals surface area contributed by atoms with E-state index in [2.05, 4.69) is 22.1 Å². The molecule has 7 nitrogen and oxygen atoms in total. The Bertz CT molecular complexity index is 921. The van der Waals surface area contributed by atoms with Crippen molar-refractivity contribution in [3.05, 3.63) is 41.4 Å². The van der Waals surface area contributed by atoms with Crippen molar-refractivity contribution >= 4 is 23.0 Å². The molecule has 0 aliphatic carbocycles. The smallest absolute Gasteiger partial charge is 0.338 e. The summed E-state index contributed by atoms with van der Waals surface area (Å²) in [6.07, 6.45) is 0.900. The maximum absolute atomic E-state index is 12.9. The lowest BCUT2D eigenvalue weighted by atomic mass is 10.0. The summed E-state index contributed by atoms with van der Waals surface area (Å²) in [7, 11) is 0. The lowest BCUT2D eigenvalue weighted by molar-refractivity contribution is -0.150. The van der Waals surface area contributed by atoms with Crippen molar-refractivity contribution in [3.63, 3.8) is 0 Å². The van der Waals surface area contributed by atoms with Gasteiger partial charge in [-0.2, -0.15) is 0 Å². The number of imidazole rings is 1. The molecule has 27 heavy (non-hydrogen) atoms. The van der Waals surface area contributed by atoms with Gasteiger partial charge in [-0.05, 0) is 46.2 Å². The molecule has 0 spiro atoms. The van der Waals surface area contributed by atoms with Gasteiger partial charge >= 0.3 is 12.0 Å². The Morgan fingerprint density at radius 3 is 2.67 bits per heavy atom. The molecule has 1 unspecified atom stereocenters. The van der Waals surface area contributed by atoms with Gasteiger partial charge in [0, 0.05) is 12.2 Å². The first-order chi connectivity index (χ1) is 12.7. The number of esters is 1. The summed E-state index contributed by atoms with van der Waals surface area (Å²) >= 11 is 0. The van der Waals surface area contributed by atoms with E-state index < -0.39 is 17.6 Å². The summed E-state index contributed by atoms with van der Waals surface area (Å²) in [5.41, 5.74) is 2.02. The van der Waals surface area contributed by atoms with Crippen molar-refractivity contribution in [2.45, 2.75) is 59.2 Å². The summed E-state index contributed by atoms with van der Waals surface area (Å²) < 4.78 is 7.64. The molecule has 144 valence electrons. The number of hydrogen-bond acceptors (Lipinski definition) is 4. The minimum atomic E-state index is -0.674. The maximum atomic E-state index is 12.9. The lowest BCUT2D eigenvalue weighted by Gasteiger charge is -2.30. The highest BCUT2D eigenvalue weighted by atomic mass is 16.6. The Morgan fingerprint density at radius 1 is 1.30 bits per heavy atom. The molecule has 2 amide bonds. The zero-order chi connectivity index (χ0) is 19.8. The number of urea groups is 1. The molecule has 2 heterocycles. The molecular weight excluding hydrogens is 344 g/mol. The first-order valence-electron chi connectivity index (χ1n) is 9.18. The predicted octanol–water partition coefficient (Wildman–Crippen LogP) is 3.42. The summed E-state index contributed by atoms with van der Waals surface area (Å²) in [5.74, 6) is 0.167. The number of hydrogen-bond donors (Lipinski definition) is 2. The topological polar surface area (TPSA) is 85.2 Å². The Balaban J connectivity index is 2.14. The van der Waals surface area contributed by atoms with Gasteiger partial charge in [0.05, 0.1) is 16.6 Å². The number of nitrogens with zero attached hydrogens (tertiary/aromatic N) is 2. The number of ether oxygens (including phenoxy) is 1. The highest BCUT2D eigenvalue weighted by molar-refractivity contribution is 5.95. The van der Waals surface area contributed by atoms with Gasteiger partial charge < -0.3 is 19.9 Å². The fourth-order valence-electron chi connectivity index (χ4n) is 3.26. The van der Waals surface area contributed by atoms with E-state index in [4.69, 9.17) is 9.72 Å². The van der Waals surface area contributed by atoms with E-state index in [-0.39, 0.29) is 6.03 Å². The Labute approximate surface area is 158 Å². The summed E-state index contributed by atoms with van der Waals surface area (Å²) in [4.78, 5) is 29.8. The first-order valence-corrected chi connectivity index (χ1v) is 9.18. The molecule has 1 atom stereocenters. The fraction of sp³-hybridized carbons (Fsp3) is 0.450. The minimum Gasteiger partial charge on any atom is -0.456 e. The quantitative estimate of drug-likeness (QED) is 0.808. The van der Waals surface area contributed by atoms with Crippen LogP contribution >= 0.6 is 0 Å².